The van der Waals surface area contributed by atoms with E-state index < -0.39 is 0 Å². The fourth-order valence-electron chi connectivity index (χ4n) is 2.45. The molecule has 0 amide bonds. The number of fused-ring (bicyclic) bond motifs is 1. The third-order valence-corrected chi connectivity index (χ3v) is 3.63. The molecule has 0 aliphatic heterocycles. The summed E-state index contributed by atoms with van der Waals surface area (Å²) in [6, 6.07) is 19.1. The van der Waals surface area contributed by atoms with Crippen LogP contribution in [0.25, 0.3) is 22.0 Å². The lowest BCUT2D eigenvalue weighted by Gasteiger charge is -2.06. The lowest BCUT2D eigenvalue weighted by Crippen LogP contribution is -2.13. The van der Waals surface area contributed by atoms with Crippen LogP contribution in [0.1, 0.15) is 18.9 Å². The number of benzene rings is 2. The summed E-state index contributed by atoms with van der Waals surface area (Å²) in [4.78, 5) is 4.53. The van der Waals surface area contributed by atoms with E-state index >= 15 is 0 Å². The zero-order valence-corrected chi connectivity index (χ0v) is 12.3. The van der Waals surface area contributed by atoms with Crippen molar-refractivity contribution < 1.29 is 0 Å². The molecule has 1 heterocycles. The quantitative estimate of drug-likeness (QED) is 0.699. The van der Waals surface area contributed by atoms with E-state index in [0.29, 0.717) is 0 Å². The number of hydrogen-bond acceptors (Lipinski definition) is 2. The maximum absolute atomic E-state index is 4.53. The molecule has 21 heavy (non-hydrogen) atoms. The molecule has 0 atom stereocenters. The molecule has 2 heteroatoms. The van der Waals surface area contributed by atoms with E-state index in [9.17, 15) is 0 Å². The van der Waals surface area contributed by atoms with Gasteiger partial charge < -0.3 is 5.32 Å². The lowest BCUT2D eigenvalue weighted by molar-refractivity contribution is 0.675. The smallest absolute Gasteiger partial charge is 0.0702 e. The maximum Gasteiger partial charge on any atom is 0.0702 e. The van der Waals surface area contributed by atoms with Crippen LogP contribution in [0.2, 0.25) is 0 Å². The van der Waals surface area contributed by atoms with Gasteiger partial charge in [-0.3, -0.25) is 4.98 Å². The highest BCUT2D eigenvalue weighted by atomic mass is 14.8. The highest BCUT2D eigenvalue weighted by Gasteiger charge is 2.01. The Morgan fingerprint density at radius 2 is 1.76 bits per heavy atom. The molecular weight excluding hydrogens is 256 g/mol. The predicted octanol–water partition coefficient (Wildman–Crippen LogP) is 4.40. The van der Waals surface area contributed by atoms with Crippen LogP contribution in [-0.4, -0.2) is 11.5 Å². The van der Waals surface area contributed by atoms with Crippen LogP contribution in [0.15, 0.2) is 60.8 Å². The van der Waals surface area contributed by atoms with E-state index in [1.165, 1.54) is 28.5 Å². The van der Waals surface area contributed by atoms with Crippen molar-refractivity contribution >= 4 is 10.9 Å². The van der Waals surface area contributed by atoms with E-state index in [4.69, 9.17) is 0 Å². The van der Waals surface area contributed by atoms with Crippen molar-refractivity contribution in [3.8, 4) is 11.1 Å². The van der Waals surface area contributed by atoms with Crippen molar-refractivity contribution in [2.75, 3.05) is 6.54 Å². The van der Waals surface area contributed by atoms with E-state index in [-0.39, 0.29) is 0 Å². The summed E-state index contributed by atoms with van der Waals surface area (Å²) in [5.74, 6) is 0. The van der Waals surface area contributed by atoms with Crippen LogP contribution >= 0.6 is 0 Å². The molecule has 0 radical (unpaired) electrons. The van der Waals surface area contributed by atoms with Gasteiger partial charge in [-0.05, 0) is 36.2 Å². The fourth-order valence-corrected chi connectivity index (χ4v) is 2.45. The van der Waals surface area contributed by atoms with E-state index in [2.05, 4.69) is 59.7 Å². The van der Waals surface area contributed by atoms with Crippen LogP contribution in [0.3, 0.4) is 0 Å². The average Bonchev–Trinajstić information content (AvgIpc) is 2.55. The van der Waals surface area contributed by atoms with Gasteiger partial charge in [0.2, 0.25) is 0 Å². The summed E-state index contributed by atoms with van der Waals surface area (Å²) in [6.45, 7) is 4.18. The van der Waals surface area contributed by atoms with Gasteiger partial charge in [0.1, 0.15) is 0 Å². The van der Waals surface area contributed by atoms with E-state index in [1.807, 2.05) is 18.3 Å². The van der Waals surface area contributed by atoms with Gasteiger partial charge in [-0.25, -0.2) is 0 Å². The molecule has 3 aromatic rings. The average molecular weight is 276 g/mol. The van der Waals surface area contributed by atoms with Crippen molar-refractivity contribution in [2.45, 2.75) is 19.9 Å². The van der Waals surface area contributed by atoms with Crippen molar-refractivity contribution in [1.29, 1.82) is 0 Å². The van der Waals surface area contributed by atoms with Gasteiger partial charge in [0.15, 0.2) is 0 Å². The maximum atomic E-state index is 4.53. The third kappa shape index (κ3) is 3.29. The number of rotatable bonds is 5. The first kappa shape index (κ1) is 13.8. The summed E-state index contributed by atoms with van der Waals surface area (Å²) >= 11 is 0. The summed E-state index contributed by atoms with van der Waals surface area (Å²) in [5, 5.41) is 4.61. The largest absolute Gasteiger partial charge is 0.313 e. The molecule has 1 N–H and O–H groups in total. The second kappa shape index (κ2) is 6.51. The highest BCUT2D eigenvalue weighted by molar-refractivity contribution is 5.83. The molecule has 0 unspecified atom stereocenters. The van der Waals surface area contributed by atoms with Gasteiger partial charge in [0.25, 0.3) is 0 Å². The molecule has 3 rings (SSSR count). The Kier molecular flexibility index (Phi) is 4.27. The summed E-state index contributed by atoms with van der Waals surface area (Å²) < 4.78 is 0. The fraction of sp³-hybridized carbons (Fsp3) is 0.211. The molecule has 0 bridgehead atoms. The van der Waals surface area contributed by atoms with E-state index in [0.717, 1.165) is 18.6 Å². The Balaban J connectivity index is 1.81. The van der Waals surface area contributed by atoms with Crippen LogP contribution in [0, 0.1) is 0 Å². The minimum Gasteiger partial charge on any atom is -0.313 e. The Bertz CT molecular complexity index is 717. The first-order valence-electron chi connectivity index (χ1n) is 7.51. The Hall–Kier alpha value is -2.19. The summed E-state index contributed by atoms with van der Waals surface area (Å²) in [6.07, 6.45) is 3.12. The van der Waals surface area contributed by atoms with Crippen molar-refractivity contribution in [1.82, 2.24) is 10.3 Å². The molecule has 0 fully saturated rings. The van der Waals surface area contributed by atoms with Gasteiger partial charge in [0, 0.05) is 23.7 Å². The van der Waals surface area contributed by atoms with Crippen molar-refractivity contribution in [3.63, 3.8) is 0 Å². The zero-order valence-electron chi connectivity index (χ0n) is 12.3. The first-order valence-corrected chi connectivity index (χ1v) is 7.51. The van der Waals surface area contributed by atoms with Gasteiger partial charge >= 0.3 is 0 Å². The van der Waals surface area contributed by atoms with Gasteiger partial charge in [-0.1, -0.05) is 49.4 Å². The molecule has 0 aliphatic carbocycles. The van der Waals surface area contributed by atoms with Gasteiger partial charge in [0.05, 0.1) is 5.52 Å². The molecule has 0 spiro atoms. The number of pyridine rings is 1. The molecule has 0 saturated carbocycles. The normalized spacial score (nSPS) is 10.9. The lowest BCUT2D eigenvalue weighted by atomic mass is 10.0. The number of aromatic nitrogens is 1. The van der Waals surface area contributed by atoms with Gasteiger partial charge in [-0.2, -0.15) is 0 Å². The molecule has 106 valence electrons. The van der Waals surface area contributed by atoms with E-state index in [1.54, 1.807) is 0 Å². The summed E-state index contributed by atoms with van der Waals surface area (Å²) in [7, 11) is 0. The molecule has 0 saturated heterocycles. The van der Waals surface area contributed by atoms with Crippen LogP contribution in [-0.2, 0) is 6.54 Å². The minimum atomic E-state index is 0.935. The topological polar surface area (TPSA) is 24.9 Å². The van der Waals surface area contributed by atoms with Crippen molar-refractivity contribution in [2.24, 2.45) is 0 Å². The van der Waals surface area contributed by atoms with Gasteiger partial charge in [-0.15, -0.1) is 0 Å². The molecule has 1 aromatic heterocycles. The number of nitrogens with one attached hydrogen (secondary N) is 1. The molecule has 2 aromatic carbocycles. The number of para-hydroxylation sites is 1. The Morgan fingerprint density at radius 3 is 2.57 bits per heavy atom. The molecular formula is C19H20N2. The highest BCUT2D eigenvalue weighted by Crippen LogP contribution is 2.22. The number of hydrogen-bond donors (Lipinski definition) is 1. The molecule has 0 aliphatic rings. The minimum absolute atomic E-state index is 0.935. The predicted molar refractivity (Wildman–Crippen MR) is 89.2 cm³/mol. The zero-order chi connectivity index (χ0) is 14.5. The molecule has 2 nitrogen and oxygen atoms in total. The monoisotopic (exact) mass is 276 g/mol. The summed E-state index contributed by atoms with van der Waals surface area (Å²) in [5.41, 5.74) is 4.75. The van der Waals surface area contributed by atoms with Crippen LogP contribution < -0.4 is 5.32 Å². The number of nitrogens with zero attached hydrogens (tertiary/aromatic N) is 1. The first-order chi connectivity index (χ1) is 10.4. The second-order valence-electron chi connectivity index (χ2n) is 5.29. The Morgan fingerprint density at radius 1 is 0.952 bits per heavy atom. The second-order valence-corrected chi connectivity index (χ2v) is 5.29. The van der Waals surface area contributed by atoms with Crippen molar-refractivity contribution in [3.05, 3.63) is 66.4 Å². The SMILES string of the molecule is CCCNCc1ccc(-c2cnc3ccccc3c2)cc1. The van der Waals surface area contributed by atoms with Crippen LogP contribution in [0.5, 0.6) is 0 Å². The van der Waals surface area contributed by atoms with Crippen LogP contribution in [0.4, 0.5) is 0 Å². The standard InChI is InChI=1S/C19H20N2/c1-2-11-20-13-15-7-9-16(10-8-15)18-12-17-5-3-4-6-19(17)21-14-18/h3-10,12,14,20H,2,11,13H2,1H3. The Labute approximate surface area is 125 Å². The third-order valence-electron chi connectivity index (χ3n) is 3.63.